The van der Waals surface area contributed by atoms with Crippen LogP contribution in [0.15, 0.2) is 131 Å². The second-order valence-electron chi connectivity index (χ2n) is 9.78. The fourth-order valence-electron chi connectivity index (χ4n) is 4.48. The van der Waals surface area contributed by atoms with Gasteiger partial charge < -0.3 is 16.0 Å². The zero-order valence-corrected chi connectivity index (χ0v) is 26.2. The van der Waals surface area contributed by atoms with Crippen LogP contribution in [0.5, 0.6) is 0 Å². The lowest BCUT2D eigenvalue weighted by Gasteiger charge is -2.12. The van der Waals surface area contributed by atoms with Crippen molar-refractivity contribution in [3.8, 4) is 10.6 Å². The maximum absolute atomic E-state index is 13.5. The lowest BCUT2D eigenvalue weighted by Crippen LogP contribution is -2.30. The Balaban J connectivity index is 1.11. The van der Waals surface area contributed by atoms with Crippen LogP contribution in [0.25, 0.3) is 27.4 Å². The summed E-state index contributed by atoms with van der Waals surface area (Å²) >= 11 is 4.38. The average molecular weight is 647 g/mol. The van der Waals surface area contributed by atoms with Gasteiger partial charge in [0.15, 0.2) is 5.13 Å². The lowest BCUT2D eigenvalue weighted by atomic mass is 10.0. The fraction of sp³-hybridized carbons (Fsp3) is 0.0286. The Bertz CT molecular complexity index is 1980. The number of rotatable bonds is 10. The molecule has 2 heterocycles. The first-order valence-corrected chi connectivity index (χ1v) is 16.7. The van der Waals surface area contributed by atoms with E-state index in [9.17, 15) is 14.4 Å². The molecule has 3 amide bonds. The van der Waals surface area contributed by atoms with Gasteiger partial charge in [-0.25, -0.2) is 4.98 Å². The van der Waals surface area contributed by atoms with E-state index >= 15 is 0 Å². The number of nitrogens with one attached hydrogen (secondary N) is 3. The first kappa shape index (κ1) is 30.0. The molecule has 0 aliphatic rings. The Labute approximate surface area is 272 Å². The summed E-state index contributed by atoms with van der Waals surface area (Å²) in [6.45, 7) is 0. The van der Waals surface area contributed by atoms with Gasteiger partial charge in [0.2, 0.25) is 5.91 Å². The third-order valence-corrected chi connectivity index (χ3v) is 9.32. The van der Waals surface area contributed by atoms with Gasteiger partial charge in [-0.05, 0) is 70.3 Å². The normalized spacial score (nSPS) is 11.2. The van der Waals surface area contributed by atoms with E-state index in [1.54, 1.807) is 53.8 Å². The van der Waals surface area contributed by atoms with Gasteiger partial charge in [0, 0.05) is 21.5 Å². The highest BCUT2D eigenvalue weighted by atomic mass is 32.2. The van der Waals surface area contributed by atoms with Crippen molar-refractivity contribution in [1.82, 2.24) is 10.3 Å². The molecule has 0 aliphatic heterocycles. The second kappa shape index (κ2) is 14.2. The Morgan fingerprint density at radius 1 is 0.778 bits per heavy atom. The summed E-state index contributed by atoms with van der Waals surface area (Å²) in [6, 6.07) is 33.6. The Morgan fingerprint density at radius 3 is 2.36 bits per heavy atom. The largest absolute Gasteiger partial charge is 0.321 e. The van der Waals surface area contributed by atoms with E-state index < -0.39 is 5.91 Å². The molecule has 0 aliphatic carbocycles. The molecule has 0 fully saturated rings. The Morgan fingerprint density at radius 2 is 1.56 bits per heavy atom. The number of thioether (sulfide) groups is 1. The monoisotopic (exact) mass is 646 g/mol. The number of fused-ring (bicyclic) bond motifs is 1. The van der Waals surface area contributed by atoms with Crippen molar-refractivity contribution >= 4 is 79.8 Å². The van der Waals surface area contributed by atoms with Crippen molar-refractivity contribution in [1.29, 1.82) is 0 Å². The van der Waals surface area contributed by atoms with Crippen molar-refractivity contribution in [2.75, 3.05) is 16.4 Å². The number of carbonyl (C=O) groups is 3. The van der Waals surface area contributed by atoms with Crippen LogP contribution < -0.4 is 16.0 Å². The molecule has 10 heteroatoms. The minimum atomic E-state index is -0.461. The number of hydrogen-bond acceptors (Lipinski definition) is 7. The van der Waals surface area contributed by atoms with E-state index in [4.69, 9.17) is 0 Å². The molecule has 6 aromatic rings. The van der Waals surface area contributed by atoms with Crippen LogP contribution in [0.1, 0.15) is 15.9 Å². The summed E-state index contributed by atoms with van der Waals surface area (Å²) in [5.41, 5.74) is 2.76. The molecule has 0 unspecified atom stereocenters. The van der Waals surface area contributed by atoms with Crippen molar-refractivity contribution in [3.05, 3.63) is 137 Å². The predicted molar refractivity (Wildman–Crippen MR) is 186 cm³/mol. The molecule has 0 saturated carbocycles. The number of thiophene rings is 1. The zero-order chi connectivity index (χ0) is 31.0. The van der Waals surface area contributed by atoms with Gasteiger partial charge in [-0.1, -0.05) is 66.7 Å². The van der Waals surface area contributed by atoms with Crippen molar-refractivity contribution in [3.63, 3.8) is 0 Å². The van der Waals surface area contributed by atoms with Crippen molar-refractivity contribution in [2.24, 2.45) is 0 Å². The number of benzene rings is 4. The van der Waals surface area contributed by atoms with E-state index in [0.717, 1.165) is 31.8 Å². The standard InChI is InChI=1S/C35H26N4O3S3/c40-32(39-35-38-30(21-45-35)31-14-7-19-43-31)22-44-27-17-15-26(16-18-27)36-34(42)29(37-33(41)24-9-2-1-3-10-24)20-25-12-6-11-23-8-4-5-13-28(23)25/h1-21H,22H2,(H,36,42)(H,37,41)(H,38,39,40)/b29-20-. The smallest absolute Gasteiger partial charge is 0.272 e. The third-order valence-electron chi connectivity index (χ3n) is 6.66. The number of hydrogen-bond donors (Lipinski definition) is 3. The van der Waals surface area contributed by atoms with Crippen LogP contribution in [0, 0.1) is 0 Å². The molecule has 222 valence electrons. The number of thiazole rings is 1. The first-order chi connectivity index (χ1) is 22.0. The van der Waals surface area contributed by atoms with Gasteiger partial charge in [0.25, 0.3) is 11.8 Å². The van der Waals surface area contributed by atoms with E-state index in [1.807, 2.05) is 83.6 Å². The quantitative estimate of drug-likeness (QED) is 0.103. The van der Waals surface area contributed by atoms with Gasteiger partial charge >= 0.3 is 0 Å². The maximum atomic E-state index is 13.5. The third kappa shape index (κ3) is 7.74. The molecule has 6 rings (SSSR count). The summed E-state index contributed by atoms with van der Waals surface area (Å²) < 4.78 is 0. The minimum Gasteiger partial charge on any atom is -0.321 e. The number of amides is 3. The maximum Gasteiger partial charge on any atom is 0.272 e. The van der Waals surface area contributed by atoms with Crippen LogP contribution in [0.3, 0.4) is 0 Å². The number of nitrogens with zero attached hydrogens (tertiary/aromatic N) is 1. The molecule has 2 aromatic heterocycles. The van der Waals surface area contributed by atoms with Gasteiger partial charge in [0.05, 0.1) is 16.3 Å². The number of aromatic nitrogens is 1. The summed E-state index contributed by atoms with van der Waals surface area (Å²) in [7, 11) is 0. The van der Waals surface area contributed by atoms with E-state index in [2.05, 4.69) is 20.9 Å². The van der Waals surface area contributed by atoms with Crippen molar-refractivity contribution < 1.29 is 14.4 Å². The van der Waals surface area contributed by atoms with Gasteiger partial charge in [0.1, 0.15) is 5.70 Å². The highest BCUT2D eigenvalue weighted by molar-refractivity contribution is 8.00. The van der Waals surface area contributed by atoms with E-state index in [-0.39, 0.29) is 23.3 Å². The summed E-state index contributed by atoms with van der Waals surface area (Å²) in [5.74, 6) is -0.787. The highest BCUT2D eigenvalue weighted by Gasteiger charge is 2.16. The minimum absolute atomic E-state index is 0.111. The average Bonchev–Trinajstić information content (AvgIpc) is 3.77. The van der Waals surface area contributed by atoms with E-state index in [1.165, 1.54) is 23.1 Å². The predicted octanol–water partition coefficient (Wildman–Crippen LogP) is 8.17. The van der Waals surface area contributed by atoms with Crippen LogP contribution >= 0.6 is 34.4 Å². The molecule has 0 spiro atoms. The second-order valence-corrected chi connectivity index (χ2v) is 12.6. The van der Waals surface area contributed by atoms with Gasteiger partial charge in [-0.3, -0.25) is 14.4 Å². The molecular weight excluding hydrogens is 621 g/mol. The molecular formula is C35H26N4O3S3. The summed E-state index contributed by atoms with van der Waals surface area (Å²) in [6.07, 6.45) is 1.69. The van der Waals surface area contributed by atoms with E-state index in [0.29, 0.717) is 16.4 Å². The molecule has 0 saturated heterocycles. The molecule has 3 N–H and O–H groups in total. The summed E-state index contributed by atoms with van der Waals surface area (Å²) in [4.78, 5) is 45.5. The van der Waals surface area contributed by atoms with Gasteiger partial charge in [-0.15, -0.1) is 34.4 Å². The molecule has 7 nitrogen and oxygen atoms in total. The molecule has 0 bridgehead atoms. The lowest BCUT2D eigenvalue weighted by molar-refractivity contribution is -0.114. The van der Waals surface area contributed by atoms with Crippen molar-refractivity contribution in [2.45, 2.75) is 4.90 Å². The Kier molecular flexibility index (Phi) is 9.45. The van der Waals surface area contributed by atoms with Crippen LogP contribution in [-0.2, 0) is 9.59 Å². The molecule has 4 aromatic carbocycles. The molecule has 0 radical (unpaired) electrons. The Hall–Kier alpha value is -5.03. The SMILES string of the molecule is O=C(CSc1ccc(NC(=O)/C(=C/c2cccc3ccccc23)NC(=O)c2ccccc2)cc1)Nc1nc(-c2cccs2)cs1. The van der Waals surface area contributed by atoms with Crippen LogP contribution in [-0.4, -0.2) is 28.5 Å². The number of carbonyl (C=O) groups excluding carboxylic acids is 3. The molecule has 0 atom stereocenters. The van der Waals surface area contributed by atoms with Gasteiger partial charge in [-0.2, -0.15) is 0 Å². The molecule has 45 heavy (non-hydrogen) atoms. The van der Waals surface area contributed by atoms with Crippen LogP contribution in [0.2, 0.25) is 0 Å². The topological polar surface area (TPSA) is 100 Å². The fourth-order valence-corrected chi connectivity index (χ4v) is 6.67. The summed E-state index contributed by atoms with van der Waals surface area (Å²) in [5, 5.41) is 15.0. The zero-order valence-electron chi connectivity index (χ0n) is 23.7. The highest BCUT2D eigenvalue weighted by Crippen LogP contribution is 2.29. The van der Waals surface area contributed by atoms with Crippen LogP contribution in [0.4, 0.5) is 10.8 Å². The number of anilines is 2. The first-order valence-electron chi connectivity index (χ1n) is 13.9.